The summed E-state index contributed by atoms with van der Waals surface area (Å²) in [5.74, 6) is -0.299. The van der Waals surface area contributed by atoms with E-state index in [2.05, 4.69) is 0 Å². The smallest absolute Gasteiger partial charge is 0.339 e. The van der Waals surface area contributed by atoms with Crippen molar-refractivity contribution < 1.29 is 14.3 Å². The molecule has 0 aliphatic rings. The average molecular weight is 271 g/mol. The first-order valence-electron chi connectivity index (χ1n) is 4.78. The van der Waals surface area contributed by atoms with Crippen LogP contribution >= 0.6 is 23.2 Å². The number of hydrogen-bond acceptors (Lipinski definition) is 2. The summed E-state index contributed by atoms with van der Waals surface area (Å²) in [5.41, 5.74) is 0.700. The highest BCUT2D eigenvalue weighted by Gasteiger charge is 2.16. The maximum Gasteiger partial charge on any atom is 0.339 e. The molecule has 1 aromatic heterocycles. The number of carboxylic acid groups (broad SMARTS) is 1. The molecule has 1 heterocycles. The number of carboxylic acids is 1. The van der Waals surface area contributed by atoms with E-state index in [0.29, 0.717) is 27.1 Å². The van der Waals surface area contributed by atoms with E-state index < -0.39 is 5.97 Å². The fraction of sp³-hybridized carbons (Fsp3) is 0.0833. The minimum atomic E-state index is -1.03. The fourth-order valence-corrected chi connectivity index (χ4v) is 1.90. The maximum absolute atomic E-state index is 10.9. The Morgan fingerprint density at radius 1 is 1.29 bits per heavy atom. The number of furan rings is 1. The van der Waals surface area contributed by atoms with Crippen molar-refractivity contribution in [1.82, 2.24) is 0 Å². The monoisotopic (exact) mass is 270 g/mol. The van der Waals surface area contributed by atoms with E-state index in [1.165, 1.54) is 6.07 Å². The van der Waals surface area contributed by atoms with Crippen LogP contribution in [-0.4, -0.2) is 11.1 Å². The van der Waals surface area contributed by atoms with Crippen LogP contribution in [0.5, 0.6) is 0 Å². The van der Waals surface area contributed by atoms with E-state index in [-0.39, 0.29) is 5.56 Å². The number of aromatic carboxylic acids is 1. The lowest BCUT2D eigenvalue weighted by molar-refractivity contribution is 0.0695. The van der Waals surface area contributed by atoms with Crippen molar-refractivity contribution in [2.24, 2.45) is 0 Å². The van der Waals surface area contributed by atoms with E-state index in [1.54, 1.807) is 25.1 Å². The highest BCUT2D eigenvalue weighted by Crippen LogP contribution is 2.33. The second kappa shape index (κ2) is 4.43. The molecule has 0 unspecified atom stereocenters. The van der Waals surface area contributed by atoms with Gasteiger partial charge in [-0.15, -0.1) is 0 Å². The van der Waals surface area contributed by atoms with E-state index in [9.17, 15) is 4.79 Å². The van der Waals surface area contributed by atoms with Gasteiger partial charge in [0, 0.05) is 10.6 Å². The average Bonchev–Trinajstić information content (AvgIpc) is 2.64. The number of aryl methyl sites for hydroxylation is 1. The van der Waals surface area contributed by atoms with Gasteiger partial charge in [0.15, 0.2) is 0 Å². The van der Waals surface area contributed by atoms with Gasteiger partial charge in [-0.2, -0.15) is 0 Å². The van der Waals surface area contributed by atoms with Crippen molar-refractivity contribution in [2.45, 2.75) is 6.92 Å². The Kier molecular flexibility index (Phi) is 3.13. The normalized spacial score (nSPS) is 10.5. The summed E-state index contributed by atoms with van der Waals surface area (Å²) in [5, 5.41) is 9.90. The van der Waals surface area contributed by atoms with Gasteiger partial charge in [-0.25, -0.2) is 4.79 Å². The number of benzene rings is 1. The Morgan fingerprint density at radius 3 is 2.59 bits per heavy atom. The summed E-state index contributed by atoms with van der Waals surface area (Å²) in [6, 6.07) is 6.36. The lowest BCUT2D eigenvalue weighted by atomic mass is 10.1. The van der Waals surface area contributed by atoms with E-state index in [1.807, 2.05) is 0 Å². The lowest BCUT2D eigenvalue weighted by Gasteiger charge is -2.00. The van der Waals surface area contributed by atoms with Gasteiger partial charge in [0.2, 0.25) is 0 Å². The van der Waals surface area contributed by atoms with Crippen LogP contribution in [-0.2, 0) is 0 Å². The molecule has 0 saturated heterocycles. The van der Waals surface area contributed by atoms with Gasteiger partial charge >= 0.3 is 5.97 Å². The molecule has 0 spiro atoms. The predicted octanol–water partition coefficient (Wildman–Crippen LogP) is 4.26. The molecule has 1 N–H and O–H groups in total. The zero-order valence-corrected chi connectivity index (χ0v) is 10.3. The summed E-state index contributed by atoms with van der Waals surface area (Å²) in [6.45, 7) is 1.59. The molecule has 0 radical (unpaired) electrons. The summed E-state index contributed by atoms with van der Waals surface area (Å²) in [7, 11) is 0. The van der Waals surface area contributed by atoms with Gasteiger partial charge in [0.25, 0.3) is 0 Å². The number of hydrogen-bond donors (Lipinski definition) is 1. The minimum Gasteiger partial charge on any atom is -0.478 e. The maximum atomic E-state index is 10.9. The third kappa shape index (κ3) is 2.30. The largest absolute Gasteiger partial charge is 0.478 e. The molecular formula is C12H8Cl2O3. The summed E-state index contributed by atoms with van der Waals surface area (Å²) in [6.07, 6.45) is 0. The van der Waals surface area contributed by atoms with Crippen LogP contribution in [0.3, 0.4) is 0 Å². The molecule has 1 aromatic carbocycles. The third-order valence-corrected chi connectivity index (χ3v) is 2.91. The summed E-state index contributed by atoms with van der Waals surface area (Å²) in [4.78, 5) is 10.9. The topological polar surface area (TPSA) is 50.4 Å². The van der Waals surface area contributed by atoms with Crippen molar-refractivity contribution in [3.8, 4) is 11.3 Å². The molecule has 5 heteroatoms. The predicted molar refractivity (Wildman–Crippen MR) is 65.9 cm³/mol. The molecule has 2 rings (SSSR count). The Labute approximate surface area is 108 Å². The number of carbonyl (C=O) groups is 1. The molecule has 0 fully saturated rings. The van der Waals surface area contributed by atoms with Crippen molar-refractivity contribution >= 4 is 29.2 Å². The number of rotatable bonds is 2. The van der Waals surface area contributed by atoms with Crippen LogP contribution < -0.4 is 0 Å². The Balaban J connectivity index is 2.57. The standard InChI is InChI=1S/C12H8Cl2O3/c1-6-8(12(15)16)5-11(17-6)9-4-7(13)2-3-10(9)14/h2-5H,1H3,(H,15,16). The van der Waals surface area contributed by atoms with Crippen LogP contribution in [0, 0.1) is 6.92 Å². The van der Waals surface area contributed by atoms with E-state index in [0.717, 1.165) is 0 Å². The van der Waals surface area contributed by atoms with Gasteiger partial charge in [-0.1, -0.05) is 23.2 Å². The van der Waals surface area contributed by atoms with Gasteiger partial charge < -0.3 is 9.52 Å². The Hall–Kier alpha value is -1.45. The molecule has 0 saturated carbocycles. The second-order valence-corrected chi connectivity index (χ2v) is 4.35. The highest BCUT2D eigenvalue weighted by molar-refractivity contribution is 6.35. The van der Waals surface area contributed by atoms with Crippen molar-refractivity contribution in [3.63, 3.8) is 0 Å². The second-order valence-electron chi connectivity index (χ2n) is 3.51. The van der Waals surface area contributed by atoms with Crippen LogP contribution in [0.2, 0.25) is 10.0 Å². The first-order chi connectivity index (χ1) is 7.99. The fourth-order valence-electron chi connectivity index (χ4n) is 1.51. The van der Waals surface area contributed by atoms with Crippen molar-refractivity contribution in [3.05, 3.63) is 45.6 Å². The van der Waals surface area contributed by atoms with Crippen molar-refractivity contribution in [1.29, 1.82) is 0 Å². The highest BCUT2D eigenvalue weighted by atomic mass is 35.5. The lowest BCUT2D eigenvalue weighted by Crippen LogP contribution is -1.94. The van der Waals surface area contributed by atoms with Crippen LogP contribution in [0.1, 0.15) is 16.1 Å². The van der Waals surface area contributed by atoms with E-state index in [4.69, 9.17) is 32.7 Å². The molecular weight excluding hydrogens is 263 g/mol. The Morgan fingerprint density at radius 2 is 2.00 bits per heavy atom. The van der Waals surface area contributed by atoms with Gasteiger partial charge in [0.05, 0.1) is 5.02 Å². The quantitative estimate of drug-likeness (QED) is 0.887. The minimum absolute atomic E-state index is 0.121. The van der Waals surface area contributed by atoms with E-state index >= 15 is 0 Å². The van der Waals surface area contributed by atoms with Gasteiger partial charge in [-0.3, -0.25) is 0 Å². The molecule has 0 bridgehead atoms. The molecule has 3 nitrogen and oxygen atoms in total. The van der Waals surface area contributed by atoms with Gasteiger partial charge in [-0.05, 0) is 31.2 Å². The molecule has 0 atom stereocenters. The van der Waals surface area contributed by atoms with Crippen LogP contribution in [0.4, 0.5) is 0 Å². The molecule has 0 aliphatic carbocycles. The van der Waals surface area contributed by atoms with Crippen LogP contribution in [0.15, 0.2) is 28.7 Å². The van der Waals surface area contributed by atoms with Gasteiger partial charge in [0.1, 0.15) is 17.1 Å². The molecule has 88 valence electrons. The molecule has 2 aromatic rings. The zero-order chi connectivity index (χ0) is 12.6. The zero-order valence-electron chi connectivity index (χ0n) is 8.83. The third-order valence-electron chi connectivity index (χ3n) is 2.34. The first kappa shape index (κ1) is 12.0. The van der Waals surface area contributed by atoms with Crippen molar-refractivity contribution in [2.75, 3.05) is 0 Å². The Bertz CT molecular complexity index is 587. The van der Waals surface area contributed by atoms with Crippen LogP contribution in [0.25, 0.3) is 11.3 Å². The first-order valence-corrected chi connectivity index (χ1v) is 5.54. The summed E-state index contributed by atoms with van der Waals surface area (Å²) < 4.78 is 5.37. The SMILES string of the molecule is Cc1oc(-c2cc(Cl)ccc2Cl)cc1C(=O)O. The number of halogens is 2. The molecule has 0 aliphatic heterocycles. The summed E-state index contributed by atoms with van der Waals surface area (Å²) >= 11 is 11.9. The molecule has 17 heavy (non-hydrogen) atoms. The molecule has 0 amide bonds.